The highest BCUT2D eigenvalue weighted by atomic mass is 35.5. The lowest BCUT2D eigenvalue weighted by molar-refractivity contribution is 0.178. The van der Waals surface area contributed by atoms with Crippen LogP contribution >= 0.6 is 11.6 Å². The molecule has 2 aliphatic rings. The van der Waals surface area contributed by atoms with E-state index in [1.165, 1.54) is 11.1 Å². The molecule has 0 radical (unpaired) electrons. The average molecular weight is 438 g/mol. The molecular weight excluding hydrogens is 413 g/mol. The maximum Gasteiger partial charge on any atom is 0.161 e. The van der Waals surface area contributed by atoms with Crippen LogP contribution in [0.3, 0.4) is 0 Å². The predicted octanol–water partition coefficient (Wildman–Crippen LogP) is 6.32. The largest absolute Gasteiger partial charge is 0.493 e. The van der Waals surface area contributed by atoms with Crippen LogP contribution in [0.1, 0.15) is 46.7 Å². The summed E-state index contributed by atoms with van der Waals surface area (Å²) < 4.78 is 24.8. The summed E-state index contributed by atoms with van der Waals surface area (Å²) in [6, 6.07) is 19.7. The van der Waals surface area contributed by atoms with Gasteiger partial charge in [-0.05, 0) is 65.4 Å². The Labute approximate surface area is 187 Å². The van der Waals surface area contributed by atoms with Gasteiger partial charge in [-0.1, -0.05) is 41.9 Å². The summed E-state index contributed by atoms with van der Waals surface area (Å²) in [5.41, 5.74) is 4.85. The summed E-state index contributed by atoms with van der Waals surface area (Å²) in [5.74, 6) is 1.52. The minimum Gasteiger partial charge on any atom is -0.493 e. The van der Waals surface area contributed by atoms with Gasteiger partial charge < -0.3 is 9.47 Å². The Bertz CT molecular complexity index is 1100. The molecule has 160 valence electrons. The normalized spacial score (nSPS) is 22.6. The van der Waals surface area contributed by atoms with E-state index in [9.17, 15) is 4.39 Å². The van der Waals surface area contributed by atoms with Gasteiger partial charge in [0.2, 0.25) is 0 Å². The zero-order valence-corrected chi connectivity index (χ0v) is 18.4. The Hall–Kier alpha value is -2.56. The number of methoxy groups -OCH3 is 2. The Morgan fingerprint density at radius 2 is 1.65 bits per heavy atom. The van der Waals surface area contributed by atoms with Gasteiger partial charge in [-0.15, -0.1) is 0 Å². The van der Waals surface area contributed by atoms with Crippen LogP contribution in [0.5, 0.6) is 11.5 Å². The minimum atomic E-state index is -0.207. The molecule has 0 aliphatic carbocycles. The number of hydrogen-bond donors (Lipinski definition) is 0. The zero-order valence-electron chi connectivity index (χ0n) is 17.6. The number of halogens is 2. The van der Waals surface area contributed by atoms with Gasteiger partial charge in [0, 0.05) is 29.6 Å². The lowest BCUT2D eigenvalue weighted by atomic mass is 9.82. The molecule has 3 nitrogen and oxygen atoms in total. The Kier molecular flexibility index (Phi) is 5.37. The SMILES string of the molecule is COc1cc2c(cc1OC)[C@@H]1[C@H](c3ccccc3Cl)C[C@H](c3ccc(F)cc3)N1CC2. The number of nitrogens with zero attached hydrogens (tertiary/aromatic N) is 1. The Morgan fingerprint density at radius 3 is 2.35 bits per heavy atom. The molecule has 1 fully saturated rings. The van der Waals surface area contributed by atoms with E-state index >= 15 is 0 Å². The molecule has 0 saturated carbocycles. The first-order valence-corrected chi connectivity index (χ1v) is 11.0. The van der Waals surface area contributed by atoms with Crippen molar-refractivity contribution in [3.8, 4) is 11.5 Å². The number of ether oxygens (including phenoxy) is 2. The number of rotatable bonds is 4. The smallest absolute Gasteiger partial charge is 0.161 e. The van der Waals surface area contributed by atoms with Crippen LogP contribution in [-0.2, 0) is 6.42 Å². The quantitative estimate of drug-likeness (QED) is 0.476. The molecular formula is C26H25ClFNO2. The molecule has 3 aromatic carbocycles. The second-order valence-corrected chi connectivity index (χ2v) is 8.68. The van der Waals surface area contributed by atoms with Crippen LogP contribution in [0.4, 0.5) is 4.39 Å². The first kappa shape index (κ1) is 20.3. The molecule has 0 unspecified atom stereocenters. The molecule has 5 rings (SSSR count). The van der Waals surface area contributed by atoms with Crippen LogP contribution in [0, 0.1) is 5.82 Å². The minimum absolute atomic E-state index is 0.165. The standard InChI is InChI=1S/C26H25ClFNO2/c1-30-24-13-17-11-12-29-23(16-7-9-18(28)10-8-16)14-21(19-5-3-4-6-22(19)27)26(29)20(17)15-25(24)31-2/h3-10,13,15,21,23,26H,11-12,14H2,1-2H3/t21-,23+,26+/m0/s1. The monoisotopic (exact) mass is 437 g/mol. The molecule has 5 heteroatoms. The topological polar surface area (TPSA) is 21.7 Å². The van der Waals surface area contributed by atoms with Gasteiger partial charge in [-0.25, -0.2) is 4.39 Å². The van der Waals surface area contributed by atoms with Gasteiger partial charge >= 0.3 is 0 Å². The highest BCUT2D eigenvalue weighted by molar-refractivity contribution is 6.31. The number of hydrogen-bond acceptors (Lipinski definition) is 3. The highest BCUT2D eigenvalue weighted by Crippen LogP contribution is 2.56. The van der Waals surface area contributed by atoms with Crippen molar-refractivity contribution >= 4 is 11.6 Å². The van der Waals surface area contributed by atoms with Crippen molar-refractivity contribution in [2.75, 3.05) is 20.8 Å². The molecule has 31 heavy (non-hydrogen) atoms. The third-order valence-electron chi connectivity index (χ3n) is 6.78. The van der Waals surface area contributed by atoms with Crippen molar-refractivity contribution in [2.45, 2.75) is 30.8 Å². The van der Waals surface area contributed by atoms with Crippen LogP contribution in [-0.4, -0.2) is 25.7 Å². The fourth-order valence-corrected chi connectivity index (χ4v) is 5.66. The third-order valence-corrected chi connectivity index (χ3v) is 7.12. The molecule has 0 bridgehead atoms. The van der Waals surface area contributed by atoms with E-state index in [0.717, 1.165) is 47.0 Å². The lowest BCUT2D eigenvalue weighted by Gasteiger charge is -2.38. The van der Waals surface area contributed by atoms with Crippen LogP contribution in [0.25, 0.3) is 0 Å². The summed E-state index contributed by atoms with van der Waals surface area (Å²) in [4.78, 5) is 2.55. The summed E-state index contributed by atoms with van der Waals surface area (Å²) in [6.07, 6.45) is 1.85. The van der Waals surface area contributed by atoms with E-state index < -0.39 is 0 Å². The predicted molar refractivity (Wildman–Crippen MR) is 121 cm³/mol. The molecule has 0 spiro atoms. The van der Waals surface area contributed by atoms with E-state index in [1.54, 1.807) is 26.4 Å². The van der Waals surface area contributed by atoms with Gasteiger partial charge in [0.25, 0.3) is 0 Å². The molecule has 2 heterocycles. The van der Waals surface area contributed by atoms with Crippen molar-refractivity contribution in [1.29, 1.82) is 0 Å². The van der Waals surface area contributed by atoms with Crippen molar-refractivity contribution in [3.05, 3.63) is 93.8 Å². The van der Waals surface area contributed by atoms with E-state index in [1.807, 2.05) is 24.3 Å². The summed E-state index contributed by atoms with van der Waals surface area (Å²) in [5, 5.41) is 0.791. The number of benzene rings is 3. The summed E-state index contributed by atoms with van der Waals surface area (Å²) in [6.45, 7) is 0.927. The van der Waals surface area contributed by atoms with E-state index in [-0.39, 0.29) is 23.8 Å². The van der Waals surface area contributed by atoms with Crippen LogP contribution < -0.4 is 9.47 Å². The number of fused-ring (bicyclic) bond motifs is 3. The Balaban J connectivity index is 1.65. The molecule has 2 aliphatic heterocycles. The van der Waals surface area contributed by atoms with Gasteiger partial charge in [-0.3, -0.25) is 4.90 Å². The van der Waals surface area contributed by atoms with Crippen LogP contribution in [0.15, 0.2) is 60.7 Å². The van der Waals surface area contributed by atoms with E-state index in [0.29, 0.717) is 0 Å². The van der Waals surface area contributed by atoms with Crippen LogP contribution in [0.2, 0.25) is 5.02 Å². The molecule has 3 atom stereocenters. The van der Waals surface area contributed by atoms with E-state index in [4.69, 9.17) is 21.1 Å². The maximum absolute atomic E-state index is 13.6. The van der Waals surface area contributed by atoms with Crippen molar-refractivity contribution in [3.63, 3.8) is 0 Å². The van der Waals surface area contributed by atoms with Crippen molar-refractivity contribution in [1.82, 2.24) is 4.90 Å². The first-order valence-electron chi connectivity index (χ1n) is 10.6. The molecule has 0 aromatic heterocycles. The van der Waals surface area contributed by atoms with Crippen molar-refractivity contribution in [2.24, 2.45) is 0 Å². The fourth-order valence-electron chi connectivity index (χ4n) is 5.38. The highest BCUT2D eigenvalue weighted by Gasteiger charge is 2.46. The zero-order chi connectivity index (χ0) is 21.5. The average Bonchev–Trinajstić information content (AvgIpc) is 3.18. The first-order chi connectivity index (χ1) is 15.1. The summed E-state index contributed by atoms with van der Waals surface area (Å²) in [7, 11) is 3.35. The summed E-state index contributed by atoms with van der Waals surface area (Å²) >= 11 is 6.67. The second kappa shape index (κ2) is 8.18. The van der Waals surface area contributed by atoms with E-state index in [2.05, 4.69) is 29.2 Å². The van der Waals surface area contributed by atoms with Gasteiger partial charge in [0.15, 0.2) is 11.5 Å². The van der Waals surface area contributed by atoms with Crippen molar-refractivity contribution < 1.29 is 13.9 Å². The van der Waals surface area contributed by atoms with Gasteiger partial charge in [0.05, 0.1) is 14.2 Å². The molecule has 0 amide bonds. The fraction of sp³-hybridized carbons (Fsp3) is 0.308. The molecule has 3 aromatic rings. The molecule has 1 saturated heterocycles. The Morgan fingerprint density at radius 1 is 0.935 bits per heavy atom. The van der Waals surface area contributed by atoms with Gasteiger partial charge in [-0.2, -0.15) is 0 Å². The second-order valence-electron chi connectivity index (χ2n) is 8.27. The van der Waals surface area contributed by atoms with Gasteiger partial charge in [0.1, 0.15) is 5.82 Å². The molecule has 0 N–H and O–H groups in total. The lowest BCUT2D eigenvalue weighted by Crippen LogP contribution is -2.34. The maximum atomic E-state index is 13.6. The third kappa shape index (κ3) is 3.48.